The SMILES string of the molecule is COC1=NCCCCC1C1CCCC1. The maximum absolute atomic E-state index is 5.45. The molecule has 1 fully saturated rings. The molecule has 0 aromatic rings. The smallest absolute Gasteiger partial charge is 0.186 e. The fourth-order valence-electron chi connectivity index (χ4n) is 2.92. The Morgan fingerprint density at radius 1 is 1.07 bits per heavy atom. The van der Waals surface area contributed by atoms with Crippen molar-refractivity contribution in [3.63, 3.8) is 0 Å². The van der Waals surface area contributed by atoms with Crippen molar-refractivity contribution >= 4 is 5.90 Å². The Kier molecular flexibility index (Phi) is 3.44. The summed E-state index contributed by atoms with van der Waals surface area (Å²) in [4.78, 5) is 4.56. The van der Waals surface area contributed by atoms with Gasteiger partial charge in [-0.25, -0.2) is 0 Å². The second-order valence-electron chi connectivity index (χ2n) is 4.57. The first-order chi connectivity index (χ1) is 6.92. The van der Waals surface area contributed by atoms with Crippen LogP contribution in [0, 0.1) is 11.8 Å². The quantitative estimate of drug-likeness (QED) is 0.630. The lowest BCUT2D eigenvalue weighted by molar-refractivity contribution is 0.308. The summed E-state index contributed by atoms with van der Waals surface area (Å²) >= 11 is 0. The van der Waals surface area contributed by atoms with Gasteiger partial charge >= 0.3 is 0 Å². The van der Waals surface area contributed by atoms with Gasteiger partial charge in [-0.2, -0.15) is 0 Å². The van der Waals surface area contributed by atoms with Gasteiger partial charge in [-0.3, -0.25) is 4.99 Å². The number of hydrogen-bond donors (Lipinski definition) is 0. The number of hydrogen-bond acceptors (Lipinski definition) is 2. The lowest BCUT2D eigenvalue weighted by Crippen LogP contribution is -2.23. The molecular weight excluding hydrogens is 174 g/mol. The van der Waals surface area contributed by atoms with E-state index in [0.29, 0.717) is 5.92 Å². The van der Waals surface area contributed by atoms with Gasteiger partial charge in [0.2, 0.25) is 0 Å². The largest absolute Gasteiger partial charge is 0.484 e. The molecule has 0 aromatic carbocycles. The minimum atomic E-state index is 0.644. The summed E-state index contributed by atoms with van der Waals surface area (Å²) in [6.07, 6.45) is 9.50. The summed E-state index contributed by atoms with van der Waals surface area (Å²) in [6, 6.07) is 0. The molecule has 2 heteroatoms. The van der Waals surface area contributed by atoms with Gasteiger partial charge in [0, 0.05) is 12.5 Å². The Bertz CT molecular complexity index is 206. The van der Waals surface area contributed by atoms with Crippen LogP contribution in [0.5, 0.6) is 0 Å². The maximum Gasteiger partial charge on any atom is 0.186 e. The van der Waals surface area contributed by atoms with Crippen molar-refractivity contribution in [2.24, 2.45) is 16.8 Å². The van der Waals surface area contributed by atoms with Crippen LogP contribution in [-0.2, 0) is 4.74 Å². The molecule has 0 bridgehead atoms. The van der Waals surface area contributed by atoms with Gasteiger partial charge in [0.15, 0.2) is 5.90 Å². The molecule has 0 radical (unpaired) electrons. The van der Waals surface area contributed by atoms with Crippen molar-refractivity contribution in [2.75, 3.05) is 13.7 Å². The predicted molar refractivity (Wildman–Crippen MR) is 58.6 cm³/mol. The highest BCUT2D eigenvalue weighted by Gasteiger charge is 2.30. The summed E-state index contributed by atoms with van der Waals surface area (Å²) < 4.78 is 5.45. The summed E-state index contributed by atoms with van der Waals surface area (Å²) in [5, 5.41) is 0. The minimum absolute atomic E-state index is 0.644. The molecule has 2 nitrogen and oxygen atoms in total. The first kappa shape index (κ1) is 10.0. The highest BCUT2D eigenvalue weighted by molar-refractivity contribution is 5.79. The third-order valence-corrected chi connectivity index (χ3v) is 3.69. The molecule has 0 amide bonds. The second-order valence-corrected chi connectivity index (χ2v) is 4.57. The van der Waals surface area contributed by atoms with Crippen molar-refractivity contribution in [3.8, 4) is 0 Å². The number of aliphatic imine (C=N–C) groups is 1. The Hall–Kier alpha value is -0.530. The van der Waals surface area contributed by atoms with Gasteiger partial charge in [0.25, 0.3) is 0 Å². The zero-order valence-corrected chi connectivity index (χ0v) is 9.17. The van der Waals surface area contributed by atoms with Crippen LogP contribution in [0.1, 0.15) is 44.9 Å². The Balaban J connectivity index is 2.04. The van der Waals surface area contributed by atoms with E-state index in [4.69, 9.17) is 4.74 Å². The second kappa shape index (κ2) is 4.81. The predicted octanol–water partition coefficient (Wildman–Crippen LogP) is 3.02. The van der Waals surface area contributed by atoms with Crippen LogP contribution in [0.15, 0.2) is 4.99 Å². The van der Waals surface area contributed by atoms with Crippen molar-refractivity contribution in [1.29, 1.82) is 0 Å². The first-order valence-electron chi connectivity index (χ1n) is 6.00. The van der Waals surface area contributed by atoms with E-state index >= 15 is 0 Å². The van der Waals surface area contributed by atoms with Gasteiger partial charge in [-0.15, -0.1) is 0 Å². The fourth-order valence-corrected chi connectivity index (χ4v) is 2.92. The Morgan fingerprint density at radius 2 is 1.79 bits per heavy atom. The molecule has 2 rings (SSSR count). The van der Waals surface area contributed by atoms with E-state index < -0.39 is 0 Å². The van der Waals surface area contributed by atoms with E-state index in [1.54, 1.807) is 7.11 Å². The molecule has 0 saturated heterocycles. The summed E-state index contributed by atoms with van der Waals surface area (Å²) in [6.45, 7) is 0.979. The Labute approximate surface area is 86.8 Å². The molecular formula is C12H21NO. The molecule has 1 atom stereocenters. The van der Waals surface area contributed by atoms with E-state index in [2.05, 4.69) is 4.99 Å². The van der Waals surface area contributed by atoms with Crippen LogP contribution in [-0.4, -0.2) is 19.6 Å². The van der Waals surface area contributed by atoms with E-state index in [1.807, 2.05) is 0 Å². The molecule has 1 heterocycles. The topological polar surface area (TPSA) is 21.6 Å². The Morgan fingerprint density at radius 3 is 2.50 bits per heavy atom. The fraction of sp³-hybridized carbons (Fsp3) is 0.917. The van der Waals surface area contributed by atoms with Gasteiger partial charge in [-0.1, -0.05) is 19.3 Å². The molecule has 1 aliphatic heterocycles. The van der Waals surface area contributed by atoms with Crippen LogP contribution < -0.4 is 0 Å². The first-order valence-corrected chi connectivity index (χ1v) is 6.00. The molecule has 1 aliphatic carbocycles. The van der Waals surface area contributed by atoms with Gasteiger partial charge in [0.1, 0.15) is 0 Å². The van der Waals surface area contributed by atoms with E-state index in [-0.39, 0.29) is 0 Å². The van der Waals surface area contributed by atoms with E-state index in [9.17, 15) is 0 Å². The minimum Gasteiger partial charge on any atom is -0.484 e. The molecule has 1 saturated carbocycles. The normalized spacial score (nSPS) is 29.8. The number of ether oxygens (including phenoxy) is 1. The number of rotatable bonds is 1. The lowest BCUT2D eigenvalue weighted by Gasteiger charge is -2.22. The van der Waals surface area contributed by atoms with E-state index in [0.717, 1.165) is 18.4 Å². The van der Waals surface area contributed by atoms with Crippen molar-refractivity contribution < 1.29 is 4.74 Å². The van der Waals surface area contributed by atoms with Crippen LogP contribution in [0.4, 0.5) is 0 Å². The van der Waals surface area contributed by atoms with E-state index in [1.165, 1.54) is 44.9 Å². The lowest BCUT2D eigenvalue weighted by atomic mass is 9.87. The third kappa shape index (κ3) is 2.10. The van der Waals surface area contributed by atoms with Crippen LogP contribution >= 0.6 is 0 Å². The molecule has 14 heavy (non-hydrogen) atoms. The highest BCUT2D eigenvalue weighted by atomic mass is 16.5. The molecule has 0 aromatic heterocycles. The van der Waals surface area contributed by atoms with Crippen molar-refractivity contribution in [1.82, 2.24) is 0 Å². The van der Waals surface area contributed by atoms with Crippen molar-refractivity contribution in [3.05, 3.63) is 0 Å². The zero-order valence-electron chi connectivity index (χ0n) is 9.17. The molecule has 2 aliphatic rings. The molecule has 0 spiro atoms. The third-order valence-electron chi connectivity index (χ3n) is 3.69. The monoisotopic (exact) mass is 195 g/mol. The van der Waals surface area contributed by atoms with Gasteiger partial charge in [0.05, 0.1) is 7.11 Å². The number of methoxy groups -OCH3 is 1. The summed E-state index contributed by atoms with van der Waals surface area (Å²) in [7, 11) is 1.78. The summed E-state index contributed by atoms with van der Waals surface area (Å²) in [5.74, 6) is 2.56. The number of nitrogens with zero attached hydrogens (tertiary/aromatic N) is 1. The van der Waals surface area contributed by atoms with Crippen LogP contribution in [0.3, 0.4) is 0 Å². The zero-order chi connectivity index (χ0) is 9.80. The maximum atomic E-state index is 5.45. The van der Waals surface area contributed by atoms with Crippen LogP contribution in [0.2, 0.25) is 0 Å². The standard InChI is InChI=1S/C12H21NO/c1-14-12-11(8-4-5-9-13-12)10-6-2-3-7-10/h10-11H,2-9H2,1H3. The van der Waals surface area contributed by atoms with Crippen LogP contribution in [0.25, 0.3) is 0 Å². The molecule has 1 unspecified atom stereocenters. The molecule has 80 valence electrons. The average Bonchev–Trinajstić information content (AvgIpc) is 2.63. The van der Waals surface area contributed by atoms with Crippen molar-refractivity contribution in [2.45, 2.75) is 44.9 Å². The highest BCUT2D eigenvalue weighted by Crippen LogP contribution is 2.35. The van der Waals surface area contributed by atoms with Gasteiger partial charge < -0.3 is 4.74 Å². The average molecular weight is 195 g/mol. The summed E-state index contributed by atoms with van der Waals surface area (Å²) in [5.41, 5.74) is 0. The molecule has 0 N–H and O–H groups in total. The van der Waals surface area contributed by atoms with Gasteiger partial charge in [-0.05, 0) is 31.6 Å².